The van der Waals surface area contributed by atoms with Gasteiger partial charge in [-0.2, -0.15) is 0 Å². The molecule has 1 saturated heterocycles. The van der Waals surface area contributed by atoms with E-state index in [0.717, 1.165) is 0 Å². The number of benzene rings is 1. The van der Waals surface area contributed by atoms with Gasteiger partial charge in [0.25, 0.3) is 5.91 Å². The highest BCUT2D eigenvalue weighted by atomic mass is 16.5. The first kappa shape index (κ1) is 13.5. The number of hydrogen-bond donors (Lipinski definition) is 1. The fraction of sp³-hybridized carbons (Fsp3) is 0.429. The van der Waals surface area contributed by atoms with Gasteiger partial charge in [-0.25, -0.2) is 0 Å². The van der Waals surface area contributed by atoms with Crippen LogP contribution in [0.1, 0.15) is 17.3 Å². The Labute approximate surface area is 112 Å². The number of morpholine rings is 1. The van der Waals surface area contributed by atoms with E-state index in [1.807, 2.05) is 25.1 Å². The molecule has 0 aromatic heterocycles. The molecule has 19 heavy (non-hydrogen) atoms. The lowest BCUT2D eigenvalue weighted by Crippen LogP contribution is -2.55. The monoisotopic (exact) mass is 262 g/mol. The Bertz CT molecular complexity index is 447. The highest BCUT2D eigenvalue weighted by molar-refractivity contribution is 5.97. The van der Waals surface area contributed by atoms with Gasteiger partial charge in [0.1, 0.15) is 6.04 Å². The first-order valence-corrected chi connectivity index (χ1v) is 6.45. The van der Waals surface area contributed by atoms with Crippen LogP contribution >= 0.6 is 0 Å². The largest absolute Gasteiger partial charge is 0.377 e. The normalized spacial score (nSPS) is 19.0. The molecule has 1 atom stereocenters. The summed E-state index contributed by atoms with van der Waals surface area (Å²) in [4.78, 5) is 26.0. The average Bonchev–Trinajstić information content (AvgIpc) is 2.47. The van der Waals surface area contributed by atoms with Crippen molar-refractivity contribution >= 4 is 11.8 Å². The standard InChI is InChI=1S/C14H18N2O3/c1-2-15-13(17)12-10-19-9-8-16(12)14(18)11-6-4-3-5-7-11/h3-7,12H,2,8-10H2,1H3,(H,15,17). The number of amides is 2. The third-order valence-electron chi connectivity index (χ3n) is 3.06. The maximum atomic E-state index is 12.4. The van der Waals surface area contributed by atoms with Crippen LogP contribution in [0.3, 0.4) is 0 Å². The molecule has 2 amide bonds. The van der Waals surface area contributed by atoms with Crippen LogP contribution in [0, 0.1) is 0 Å². The van der Waals surface area contributed by atoms with Gasteiger partial charge in [-0.05, 0) is 19.1 Å². The third-order valence-corrected chi connectivity index (χ3v) is 3.06. The van der Waals surface area contributed by atoms with E-state index in [-0.39, 0.29) is 18.4 Å². The van der Waals surface area contributed by atoms with Gasteiger partial charge in [-0.15, -0.1) is 0 Å². The fourth-order valence-electron chi connectivity index (χ4n) is 2.10. The zero-order valence-electron chi connectivity index (χ0n) is 11.0. The third kappa shape index (κ3) is 3.12. The molecule has 5 heteroatoms. The van der Waals surface area contributed by atoms with Gasteiger partial charge in [0.05, 0.1) is 13.2 Å². The Kier molecular flexibility index (Phi) is 4.52. The van der Waals surface area contributed by atoms with Crippen LogP contribution in [0.2, 0.25) is 0 Å². The topological polar surface area (TPSA) is 58.6 Å². The molecule has 0 spiro atoms. The molecule has 1 heterocycles. The Morgan fingerprint density at radius 1 is 1.37 bits per heavy atom. The van der Waals surface area contributed by atoms with Crippen LogP contribution in [0.4, 0.5) is 0 Å². The number of nitrogens with one attached hydrogen (secondary N) is 1. The van der Waals surface area contributed by atoms with Crippen LogP contribution in [0.15, 0.2) is 30.3 Å². The Balaban J connectivity index is 2.15. The van der Waals surface area contributed by atoms with Crippen LogP contribution in [-0.4, -0.2) is 49.1 Å². The molecule has 2 rings (SSSR count). The van der Waals surface area contributed by atoms with E-state index in [4.69, 9.17) is 4.74 Å². The first-order valence-electron chi connectivity index (χ1n) is 6.45. The molecule has 0 aliphatic carbocycles. The highest BCUT2D eigenvalue weighted by Crippen LogP contribution is 2.12. The molecule has 1 aliphatic rings. The minimum absolute atomic E-state index is 0.125. The second-order valence-corrected chi connectivity index (χ2v) is 4.35. The summed E-state index contributed by atoms with van der Waals surface area (Å²) in [5, 5.41) is 2.74. The maximum absolute atomic E-state index is 12.4. The van der Waals surface area contributed by atoms with Crippen molar-refractivity contribution in [1.29, 1.82) is 0 Å². The Morgan fingerprint density at radius 3 is 2.79 bits per heavy atom. The van der Waals surface area contributed by atoms with Crippen molar-refractivity contribution in [3.05, 3.63) is 35.9 Å². The van der Waals surface area contributed by atoms with Crippen molar-refractivity contribution in [1.82, 2.24) is 10.2 Å². The second kappa shape index (κ2) is 6.33. The van der Waals surface area contributed by atoms with Crippen molar-refractivity contribution in [2.75, 3.05) is 26.3 Å². The van der Waals surface area contributed by atoms with E-state index in [2.05, 4.69) is 5.32 Å². The van der Waals surface area contributed by atoms with Crippen molar-refractivity contribution in [2.24, 2.45) is 0 Å². The zero-order valence-corrected chi connectivity index (χ0v) is 11.0. The van der Waals surface area contributed by atoms with E-state index in [9.17, 15) is 9.59 Å². The lowest BCUT2D eigenvalue weighted by Gasteiger charge is -2.34. The van der Waals surface area contributed by atoms with Gasteiger partial charge >= 0.3 is 0 Å². The van der Waals surface area contributed by atoms with Crippen molar-refractivity contribution in [2.45, 2.75) is 13.0 Å². The number of hydrogen-bond acceptors (Lipinski definition) is 3. The summed E-state index contributed by atoms with van der Waals surface area (Å²) in [5.41, 5.74) is 0.596. The van der Waals surface area contributed by atoms with Crippen LogP contribution in [-0.2, 0) is 9.53 Å². The number of carbonyl (C=O) groups excluding carboxylic acids is 2. The SMILES string of the molecule is CCNC(=O)C1COCCN1C(=O)c1ccccc1. The predicted molar refractivity (Wildman–Crippen MR) is 70.8 cm³/mol. The van der Waals surface area contributed by atoms with Crippen molar-refractivity contribution in [3.8, 4) is 0 Å². The summed E-state index contributed by atoms with van der Waals surface area (Å²) < 4.78 is 5.31. The van der Waals surface area contributed by atoms with E-state index in [1.165, 1.54) is 0 Å². The summed E-state index contributed by atoms with van der Waals surface area (Å²) in [5.74, 6) is -0.286. The number of likely N-dealkylation sites (N-methyl/N-ethyl adjacent to an activating group) is 1. The molecule has 1 aliphatic heterocycles. The van der Waals surface area contributed by atoms with E-state index in [0.29, 0.717) is 25.3 Å². The molecular formula is C14H18N2O3. The first-order chi connectivity index (χ1) is 9.24. The minimum Gasteiger partial charge on any atom is -0.377 e. The van der Waals surface area contributed by atoms with Crippen molar-refractivity contribution < 1.29 is 14.3 Å². The molecule has 5 nitrogen and oxygen atoms in total. The quantitative estimate of drug-likeness (QED) is 0.870. The summed E-state index contributed by atoms with van der Waals surface area (Å²) in [7, 11) is 0. The summed E-state index contributed by atoms with van der Waals surface area (Å²) >= 11 is 0. The summed E-state index contributed by atoms with van der Waals surface area (Å²) in [6.07, 6.45) is 0. The molecule has 102 valence electrons. The Hall–Kier alpha value is -1.88. The molecule has 1 unspecified atom stereocenters. The highest BCUT2D eigenvalue weighted by Gasteiger charge is 2.32. The van der Waals surface area contributed by atoms with Crippen LogP contribution < -0.4 is 5.32 Å². The zero-order chi connectivity index (χ0) is 13.7. The second-order valence-electron chi connectivity index (χ2n) is 4.35. The summed E-state index contributed by atoms with van der Waals surface area (Å²) in [6, 6.07) is 8.46. The van der Waals surface area contributed by atoms with Gasteiger partial charge < -0.3 is 15.0 Å². The van der Waals surface area contributed by atoms with Crippen molar-refractivity contribution in [3.63, 3.8) is 0 Å². The Morgan fingerprint density at radius 2 is 2.11 bits per heavy atom. The van der Waals surface area contributed by atoms with E-state index in [1.54, 1.807) is 17.0 Å². The number of rotatable bonds is 3. The molecule has 1 N–H and O–H groups in total. The maximum Gasteiger partial charge on any atom is 0.254 e. The number of ether oxygens (including phenoxy) is 1. The predicted octanol–water partition coefficient (Wildman–Crippen LogP) is 0.664. The average molecular weight is 262 g/mol. The van der Waals surface area contributed by atoms with Gasteiger partial charge in [0.15, 0.2) is 0 Å². The fourth-order valence-corrected chi connectivity index (χ4v) is 2.10. The lowest BCUT2D eigenvalue weighted by molar-refractivity contribution is -0.130. The molecule has 0 bridgehead atoms. The van der Waals surface area contributed by atoms with Crippen LogP contribution in [0.5, 0.6) is 0 Å². The van der Waals surface area contributed by atoms with Gasteiger partial charge in [-0.1, -0.05) is 18.2 Å². The molecule has 0 radical (unpaired) electrons. The molecule has 0 saturated carbocycles. The van der Waals surface area contributed by atoms with Gasteiger partial charge in [-0.3, -0.25) is 9.59 Å². The summed E-state index contributed by atoms with van der Waals surface area (Å²) in [6.45, 7) is 3.56. The lowest BCUT2D eigenvalue weighted by atomic mass is 10.1. The number of carbonyl (C=O) groups is 2. The number of nitrogens with zero attached hydrogens (tertiary/aromatic N) is 1. The smallest absolute Gasteiger partial charge is 0.254 e. The minimum atomic E-state index is -0.540. The van der Waals surface area contributed by atoms with E-state index >= 15 is 0 Å². The van der Waals surface area contributed by atoms with Crippen LogP contribution in [0.25, 0.3) is 0 Å². The molecular weight excluding hydrogens is 244 g/mol. The molecule has 1 aromatic rings. The molecule has 1 fully saturated rings. The van der Waals surface area contributed by atoms with Gasteiger partial charge in [0.2, 0.25) is 5.91 Å². The molecule has 1 aromatic carbocycles. The van der Waals surface area contributed by atoms with E-state index < -0.39 is 6.04 Å². The van der Waals surface area contributed by atoms with Gasteiger partial charge in [0, 0.05) is 18.7 Å².